The van der Waals surface area contributed by atoms with Crippen LogP contribution in [-0.2, 0) is 0 Å². The average Bonchev–Trinajstić information content (AvgIpc) is 3.61. The summed E-state index contributed by atoms with van der Waals surface area (Å²) in [6.07, 6.45) is 9.74. The largest absolute Gasteiger partial charge is 0.543 e. The number of carbonyl (C=O) groups excluding carboxylic acids is 2. The second-order valence-corrected chi connectivity index (χ2v) is 10.6. The minimum absolute atomic E-state index is 0.00231. The Labute approximate surface area is 257 Å². The number of nitrogens with zero attached hydrogens (tertiary/aromatic N) is 6. The third-order valence-electron chi connectivity index (χ3n) is 5.56. The van der Waals surface area contributed by atoms with Crippen molar-refractivity contribution in [1.82, 2.24) is 28.2 Å². The standard InChI is InChI=1S/C9H6Cl2N2O.2C9H7ClN2O2/c1-5-2-6(10)9-12-7(8(11)14)4-13(9)3-5;2*1-5-2-6(10)8-11-7(9(13)14)4-12(8)3-5/h2-4H,1H3;2*2-4H,1H3,(H,13,14)/p-1. The molecule has 0 aliphatic heterocycles. The van der Waals surface area contributed by atoms with E-state index >= 15 is 0 Å². The molecule has 6 aromatic heterocycles. The Balaban J connectivity index is 0.000000145. The number of aromatic carboxylic acids is 2. The van der Waals surface area contributed by atoms with Gasteiger partial charge in [0.15, 0.2) is 22.6 Å². The molecule has 11 nitrogen and oxygen atoms in total. The molecule has 216 valence electrons. The molecule has 6 aromatic rings. The van der Waals surface area contributed by atoms with Gasteiger partial charge in [0.05, 0.1) is 21.0 Å². The van der Waals surface area contributed by atoms with E-state index in [1.165, 1.54) is 12.4 Å². The van der Waals surface area contributed by atoms with Crippen molar-refractivity contribution >= 4 is 80.5 Å². The predicted molar refractivity (Wildman–Crippen MR) is 156 cm³/mol. The first-order chi connectivity index (χ1) is 19.7. The molecule has 0 atom stereocenters. The summed E-state index contributed by atoms with van der Waals surface area (Å²) < 4.78 is 4.87. The monoisotopic (exact) mass is 647 g/mol. The maximum absolute atomic E-state index is 10.9. The van der Waals surface area contributed by atoms with Gasteiger partial charge in [0.2, 0.25) is 0 Å². The Morgan fingerprint density at radius 1 is 0.643 bits per heavy atom. The maximum atomic E-state index is 10.9. The molecule has 0 aliphatic carbocycles. The molecule has 0 unspecified atom stereocenters. The summed E-state index contributed by atoms with van der Waals surface area (Å²) in [5, 5.41) is 20.1. The molecular weight excluding hydrogens is 630 g/mol. The molecule has 6 heterocycles. The quantitative estimate of drug-likeness (QED) is 0.253. The van der Waals surface area contributed by atoms with Crippen LogP contribution in [0.2, 0.25) is 15.1 Å². The van der Waals surface area contributed by atoms with Crippen LogP contribution in [0.1, 0.15) is 48.2 Å². The van der Waals surface area contributed by atoms with E-state index in [0.717, 1.165) is 16.7 Å². The number of carbonyl (C=O) groups is 3. The Hall–Kier alpha value is -4.16. The van der Waals surface area contributed by atoms with Gasteiger partial charge in [-0.3, -0.25) is 4.79 Å². The Kier molecular flexibility index (Phi) is 9.07. The van der Waals surface area contributed by atoms with Crippen molar-refractivity contribution < 1.29 is 24.6 Å². The number of imidazole rings is 3. The van der Waals surface area contributed by atoms with E-state index in [4.69, 9.17) is 51.5 Å². The number of pyridine rings is 3. The van der Waals surface area contributed by atoms with Gasteiger partial charge in [-0.15, -0.1) is 0 Å². The Morgan fingerprint density at radius 3 is 1.33 bits per heavy atom. The van der Waals surface area contributed by atoms with Crippen LogP contribution < -0.4 is 5.11 Å². The lowest BCUT2D eigenvalue weighted by atomic mass is 10.3. The van der Waals surface area contributed by atoms with E-state index in [1.807, 2.05) is 27.0 Å². The molecule has 0 saturated carbocycles. The fraction of sp³-hybridized carbons (Fsp3) is 0.111. The third-order valence-corrected chi connectivity index (χ3v) is 6.59. The highest BCUT2D eigenvalue weighted by Gasteiger charge is 2.12. The molecule has 0 aromatic carbocycles. The summed E-state index contributed by atoms with van der Waals surface area (Å²) in [4.78, 5) is 43.8. The van der Waals surface area contributed by atoms with Gasteiger partial charge >= 0.3 is 5.97 Å². The predicted octanol–water partition coefficient (Wildman–Crippen LogP) is 5.33. The van der Waals surface area contributed by atoms with Gasteiger partial charge in [0.1, 0.15) is 11.4 Å². The number of hydrogen-bond acceptors (Lipinski definition) is 7. The minimum Gasteiger partial charge on any atom is -0.543 e. The zero-order valence-electron chi connectivity index (χ0n) is 22.0. The van der Waals surface area contributed by atoms with Crippen molar-refractivity contribution in [3.8, 4) is 0 Å². The van der Waals surface area contributed by atoms with Crippen LogP contribution in [0.15, 0.2) is 55.4 Å². The summed E-state index contributed by atoms with van der Waals surface area (Å²) in [7, 11) is 0. The van der Waals surface area contributed by atoms with Crippen LogP contribution >= 0.6 is 46.4 Å². The normalized spacial score (nSPS) is 10.7. The van der Waals surface area contributed by atoms with Crippen molar-refractivity contribution in [2.24, 2.45) is 0 Å². The summed E-state index contributed by atoms with van der Waals surface area (Å²) in [6, 6.07) is 5.25. The summed E-state index contributed by atoms with van der Waals surface area (Å²) in [5.74, 6) is -2.36. The van der Waals surface area contributed by atoms with Crippen LogP contribution in [0.25, 0.3) is 16.9 Å². The van der Waals surface area contributed by atoms with E-state index in [1.54, 1.807) is 50.0 Å². The Bertz CT molecular complexity index is 1790. The van der Waals surface area contributed by atoms with Crippen LogP contribution in [0.4, 0.5) is 0 Å². The van der Waals surface area contributed by atoms with Gasteiger partial charge in [-0.25, -0.2) is 19.7 Å². The number of aryl methyl sites for hydroxylation is 3. The van der Waals surface area contributed by atoms with Crippen molar-refractivity contribution in [1.29, 1.82) is 0 Å². The molecular formula is C27H19Cl4N6O5-. The van der Waals surface area contributed by atoms with Gasteiger partial charge in [-0.05, 0) is 67.3 Å². The van der Waals surface area contributed by atoms with Crippen molar-refractivity contribution in [2.45, 2.75) is 20.8 Å². The van der Waals surface area contributed by atoms with Crippen LogP contribution in [0.5, 0.6) is 0 Å². The number of carboxylic acid groups (broad SMARTS) is 2. The average molecular weight is 649 g/mol. The summed E-state index contributed by atoms with van der Waals surface area (Å²) in [6.45, 7) is 5.66. The molecule has 0 radical (unpaired) electrons. The minimum atomic E-state index is -1.30. The van der Waals surface area contributed by atoms with Crippen molar-refractivity contribution in [2.75, 3.05) is 0 Å². The molecule has 1 N–H and O–H groups in total. The van der Waals surface area contributed by atoms with E-state index < -0.39 is 17.2 Å². The van der Waals surface area contributed by atoms with Crippen molar-refractivity contribution in [3.63, 3.8) is 0 Å². The SMILES string of the molecule is Cc1cc(Cl)c2nc(C(=O)Cl)cn2c1.Cc1cc(Cl)c2nc(C(=O)O)cn2c1.Cc1cc(Cl)c2nc(C(=O)[O-])cn2c1. The second-order valence-electron chi connectivity index (χ2n) is 9.03. The van der Waals surface area contributed by atoms with Crippen LogP contribution in [0.3, 0.4) is 0 Å². The molecule has 0 fully saturated rings. The summed E-state index contributed by atoms with van der Waals surface area (Å²) >= 11 is 23.0. The fourth-order valence-corrected chi connectivity index (χ4v) is 4.89. The van der Waals surface area contributed by atoms with Gasteiger partial charge in [-0.1, -0.05) is 34.8 Å². The first-order valence-corrected chi connectivity index (χ1v) is 13.3. The molecule has 0 spiro atoms. The molecule has 0 aliphatic rings. The highest BCUT2D eigenvalue weighted by atomic mass is 35.5. The van der Waals surface area contributed by atoms with E-state index in [2.05, 4.69) is 15.0 Å². The van der Waals surface area contributed by atoms with Gasteiger partial charge in [0.25, 0.3) is 5.24 Å². The number of fused-ring (bicyclic) bond motifs is 3. The number of halogens is 4. The highest BCUT2D eigenvalue weighted by Crippen LogP contribution is 2.20. The number of carboxylic acids is 2. The number of hydrogen-bond donors (Lipinski definition) is 1. The lowest BCUT2D eigenvalue weighted by Gasteiger charge is -1.97. The smallest absolute Gasteiger partial charge is 0.356 e. The first-order valence-electron chi connectivity index (χ1n) is 11.8. The van der Waals surface area contributed by atoms with Crippen molar-refractivity contribution in [3.05, 3.63) is 104 Å². The highest BCUT2D eigenvalue weighted by molar-refractivity contribution is 6.67. The lowest BCUT2D eigenvalue weighted by Crippen LogP contribution is -2.22. The zero-order valence-corrected chi connectivity index (χ0v) is 25.0. The molecule has 6 rings (SSSR count). The number of aromatic nitrogens is 6. The third kappa shape index (κ3) is 6.82. The molecule has 0 amide bonds. The van der Waals surface area contributed by atoms with Gasteiger partial charge in [0, 0.05) is 37.2 Å². The zero-order chi connectivity index (χ0) is 30.9. The Morgan fingerprint density at radius 2 is 0.976 bits per heavy atom. The van der Waals surface area contributed by atoms with Crippen LogP contribution in [-0.4, -0.2) is 50.4 Å². The maximum Gasteiger partial charge on any atom is 0.356 e. The van der Waals surface area contributed by atoms with Gasteiger partial charge < -0.3 is 28.2 Å². The summed E-state index contributed by atoms with van der Waals surface area (Å²) in [5.41, 5.74) is 4.41. The topological polar surface area (TPSA) is 146 Å². The lowest BCUT2D eigenvalue weighted by molar-refractivity contribution is -0.255. The second kappa shape index (κ2) is 12.4. The van der Waals surface area contributed by atoms with Crippen LogP contribution in [0, 0.1) is 20.8 Å². The van der Waals surface area contributed by atoms with E-state index in [0.29, 0.717) is 32.0 Å². The molecule has 42 heavy (non-hydrogen) atoms. The fourth-order valence-electron chi connectivity index (χ4n) is 3.87. The number of rotatable bonds is 3. The molecule has 15 heteroatoms. The molecule has 0 bridgehead atoms. The first kappa shape index (κ1) is 30.8. The van der Waals surface area contributed by atoms with E-state index in [-0.39, 0.29) is 17.1 Å². The van der Waals surface area contributed by atoms with Gasteiger partial charge in [-0.2, -0.15) is 0 Å². The van der Waals surface area contributed by atoms with E-state index in [9.17, 15) is 19.5 Å². The molecule has 0 saturated heterocycles.